The molecule has 1 aliphatic heterocycles. The van der Waals surface area contributed by atoms with Crippen molar-refractivity contribution in [2.75, 3.05) is 31.1 Å². The van der Waals surface area contributed by atoms with Gasteiger partial charge >= 0.3 is 6.18 Å². The van der Waals surface area contributed by atoms with Gasteiger partial charge in [-0.15, -0.1) is 5.10 Å². The Labute approximate surface area is 179 Å². The topological polar surface area (TPSA) is 50.1 Å². The van der Waals surface area contributed by atoms with Crippen LogP contribution in [0, 0.1) is 0 Å². The van der Waals surface area contributed by atoms with Gasteiger partial charge in [-0.3, -0.25) is 4.90 Å². The summed E-state index contributed by atoms with van der Waals surface area (Å²) in [6, 6.07) is 15.8. The summed E-state index contributed by atoms with van der Waals surface area (Å²) in [7, 11) is 0. The van der Waals surface area contributed by atoms with E-state index < -0.39 is 11.7 Å². The van der Waals surface area contributed by atoms with E-state index in [0.29, 0.717) is 25.3 Å². The second-order valence-electron chi connectivity index (χ2n) is 7.74. The lowest BCUT2D eigenvalue weighted by Gasteiger charge is -2.38. The number of alkyl halides is 3. The molecule has 3 aromatic rings. The summed E-state index contributed by atoms with van der Waals surface area (Å²) in [5.41, 5.74) is 1.22. The number of hydrogen-bond acceptors (Lipinski definition) is 5. The van der Waals surface area contributed by atoms with Crippen molar-refractivity contribution in [2.45, 2.75) is 32.1 Å². The molecule has 0 bridgehead atoms. The van der Waals surface area contributed by atoms with Crippen LogP contribution in [0.3, 0.4) is 0 Å². The number of benzene rings is 2. The molecule has 1 aliphatic rings. The summed E-state index contributed by atoms with van der Waals surface area (Å²) in [5.74, 6) is 0.809. The van der Waals surface area contributed by atoms with E-state index in [1.165, 1.54) is 17.7 Å². The van der Waals surface area contributed by atoms with Gasteiger partial charge in [-0.2, -0.15) is 13.2 Å². The highest BCUT2D eigenvalue weighted by molar-refractivity contribution is 5.49. The fourth-order valence-corrected chi connectivity index (χ4v) is 3.96. The third-order valence-corrected chi connectivity index (χ3v) is 5.79. The van der Waals surface area contributed by atoms with Crippen molar-refractivity contribution in [3.63, 3.8) is 0 Å². The van der Waals surface area contributed by atoms with Gasteiger partial charge in [-0.1, -0.05) is 36.4 Å². The fourth-order valence-electron chi connectivity index (χ4n) is 3.96. The van der Waals surface area contributed by atoms with Crippen LogP contribution in [-0.2, 0) is 19.1 Å². The van der Waals surface area contributed by atoms with Crippen LogP contribution in [0.2, 0.25) is 0 Å². The van der Waals surface area contributed by atoms with E-state index in [9.17, 15) is 13.2 Å². The van der Waals surface area contributed by atoms with E-state index in [2.05, 4.69) is 39.5 Å². The molecule has 164 valence electrons. The maximum absolute atomic E-state index is 13.0. The fraction of sp³-hybridized carbons (Fsp3) is 0.409. The van der Waals surface area contributed by atoms with Crippen LogP contribution in [0.5, 0.6) is 0 Å². The van der Waals surface area contributed by atoms with Crippen molar-refractivity contribution in [1.82, 2.24) is 25.1 Å². The lowest BCUT2D eigenvalue weighted by Crippen LogP contribution is -2.47. The Kier molecular flexibility index (Phi) is 6.22. The molecular weight excluding hydrogens is 405 g/mol. The molecular formula is C22H25F3N6. The Morgan fingerprint density at radius 3 is 2.42 bits per heavy atom. The van der Waals surface area contributed by atoms with Gasteiger partial charge < -0.3 is 4.90 Å². The molecule has 4 rings (SSSR count). The Morgan fingerprint density at radius 1 is 0.968 bits per heavy atom. The lowest BCUT2D eigenvalue weighted by molar-refractivity contribution is -0.137. The smallest absolute Gasteiger partial charge is 0.369 e. The molecule has 31 heavy (non-hydrogen) atoms. The first-order chi connectivity index (χ1) is 14.9. The Hall–Kier alpha value is -2.94. The molecule has 0 radical (unpaired) electrons. The van der Waals surface area contributed by atoms with Crippen LogP contribution in [0.4, 0.5) is 18.9 Å². The van der Waals surface area contributed by atoms with Crippen LogP contribution >= 0.6 is 0 Å². The highest BCUT2D eigenvalue weighted by Crippen LogP contribution is 2.32. The third kappa shape index (κ3) is 5.04. The summed E-state index contributed by atoms with van der Waals surface area (Å²) < 4.78 is 40.9. The van der Waals surface area contributed by atoms with E-state index in [-0.39, 0.29) is 6.04 Å². The molecule has 6 nitrogen and oxygen atoms in total. The second kappa shape index (κ2) is 9.05. The minimum Gasteiger partial charge on any atom is -0.369 e. The number of rotatable bonds is 6. The molecule has 1 aromatic heterocycles. The van der Waals surface area contributed by atoms with Crippen molar-refractivity contribution in [3.05, 3.63) is 71.5 Å². The van der Waals surface area contributed by atoms with Crippen LogP contribution < -0.4 is 4.90 Å². The molecule has 1 atom stereocenters. The van der Waals surface area contributed by atoms with E-state index in [0.717, 1.165) is 31.4 Å². The molecule has 2 aromatic carbocycles. The average Bonchev–Trinajstić information content (AvgIpc) is 3.26. The van der Waals surface area contributed by atoms with E-state index >= 15 is 0 Å². The molecule has 0 saturated carbocycles. The first kappa shape index (κ1) is 21.3. The Balaban J connectivity index is 1.37. The highest BCUT2D eigenvalue weighted by Gasteiger charge is 2.31. The van der Waals surface area contributed by atoms with E-state index in [1.54, 1.807) is 6.07 Å². The number of halogens is 3. The summed E-state index contributed by atoms with van der Waals surface area (Å²) in [6.07, 6.45) is -3.49. The molecule has 0 spiro atoms. The number of hydrogen-bond donors (Lipinski definition) is 0. The molecule has 0 amide bonds. The average molecular weight is 430 g/mol. The quantitative estimate of drug-likeness (QED) is 0.595. The molecule has 0 N–H and O–H groups in total. The lowest BCUT2D eigenvalue weighted by atomic mass is 10.1. The minimum absolute atomic E-state index is 0.0226. The monoisotopic (exact) mass is 430 g/mol. The highest BCUT2D eigenvalue weighted by atomic mass is 19.4. The van der Waals surface area contributed by atoms with Gasteiger partial charge in [-0.25, -0.2) is 4.68 Å². The van der Waals surface area contributed by atoms with Gasteiger partial charge in [0.05, 0.1) is 11.6 Å². The van der Waals surface area contributed by atoms with Crippen LogP contribution in [-0.4, -0.2) is 51.3 Å². The number of anilines is 1. The zero-order valence-corrected chi connectivity index (χ0v) is 17.3. The van der Waals surface area contributed by atoms with Gasteiger partial charge in [-0.05, 0) is 47.5 Å². The van der Waals surface area contributed by atoms with Gasteiger partial charge in [0, 0.05) is 38.4 Å². The zero-order valence-electron chi connectivity index (χ0n) is 17.3. The predicted molar refractivity (Wildman–Crippen MR) is 112 cm³/mol. The van der Waals surface area contributed by atoms with Crippen LogP contribution in [0.25, 0.3) is 0 Å². The number of tetrazole rings is 1. The van der Waals surface area contributed by atoms with E-state index in [1.807, 2.05) is 27.8 Å². The van der Waals surface area contributed by atoms with Crippen molar-refractivity contribution < 1.29 is 13.2 Å². The standard InChI is InChI=1S/C22H25F3N6/c1-17(21-26-27-28-31(21)11-10-18-6-3-2-4-7-18)29-12-14-30(15-13-29)20-9-5-8-19(16-20)22(23,24)25/h2-9,16-17H,10-15H2,1H3. The SMILES string of the molecule is CC(c1nnnn1CCc1ccccc1)N1CCN(c2cccc(C(F)(F)F)c2)CC1. The molecule has 9 heteroatoms. The molecule has 1 unspecified atom stereocenters. The summed E-state index contributed by atoms with van der Waals surface area (Å²) in [6.45, 7) is 5.52. The molecule has 2 heterocycles. The predicted octanol–water partition coefficient (Wildman–Crippen LogP) is 3.82. The first-order valence-electron chi connectivity index (χ1n) is 10.4. The first-order valence-corrected chi connectivity index (χ1v) is 10.4. The van der Waals surface area contributed by atoms with E-state index in [4.69, 9.17) is 0 Å². The van der Waals surface area contributed by atoms with Gasteiger partial charge in [0.1, 0.15) is 0 Å². The van der Waals surface area contributed by atoms with Gasteiger partial charge in [0.25, 0.3) is 0 Å². The van der Waals surface area contributed by atoms with Gasteiger partial charge in [0.15, 0.2) is 5.82 Å². The van der Waals surface area contributed by atoms with Gasteiger partial charge in [0.2, 0.25) is 0 Å². The normalized spacial score (nSPS) is 16.5. The molecule has 0 aliphatic carbocycles. The zero-order chi connectivity index (χ0) is 21.8. The minimum atomic E-state index is -4.33. The summed E-state index contributed by atoms with van der Waals surface area (Å²) >= 11 is 0. The molecule has 1 fully saturated rings. The van der Waals surface area contributed by atoms with Crippen molar-refractivity contribution in [2.24, 2.45) is 0 Å². The van der Waals surface area contributed by atoms with Crippen molar-refractivity contribution >= 4 is 5.69 Å². The Morgan fingerprint density at radius 2 is 1.71 bits per heavy atom. The number of piperazine rings is 1. The largest absolute Gasteiger partial charge is 0.416 e. The second-order valence-corrected chi connectivity index (χ2v) is 7.74. The molecule has 1 saturated heterocycles. The van der Waals surface area contributed by atoms with Crippen molar-refractivity contribution in [3.8, 4) is 0 Å². The summed E-state index contributed by atoms with van der Waals surface area (Å²) in [4.78, 5) is 4.27. The Bertz CT molecular complexity index is 980. The number of aromatic nitrogens is 4. The maximum Gasteiger partial charge on any atom is 0.416 e. The van der Waals surface area contributed by atoms with Crippen molar-refractivity contribution in [1.29, 1.82) is 0 Å². The van der Waals surface area contributed by atoms with Crippen LogP contribution in [0.1, 0.15) is 29.9 Å². The maximum atomic E-state index is 13.0. The number of aryl methyl sites for hydroxylation is 2. The van der Waals surface area contributed by atoms with Crippen LogP contribution in [0.15, 0.2) is 54.6 Å². The number of nitrogens with zero attached hydrogens (tertiary/aromatic N) is 6. The third-order valence-electron chi connectivity index (χ3n) is 5.79. The summed E-state index contributed by atoms with van der Waals surface area (Å²) in [5, 5.41) is 12.3.